The van der Waals surface area contributed by atoms with Crippen molar-refractivity contribution in [2.45, 2.75) is 26.6 Å². The van der Waals surface area contributed by atoms with E-state index in [2.05, 4.69) is 30.6 Å². The number of aromatic nitrogens is 3. The van der Waals surface area contributed by atoms with E-state index in [1.54, 1.807) is 18.5 Å². The summed E-state index contributed by atoms with van der Waals surface area (Å²) in [5.74, 6) is 1.77. The van der Waals surface area contributed by atoms with E-state index in [1.807, 2.05) is 41.8 Å². The monoisotopic (exact) mass is 430 g/mol. The van der Waals surface area contributed by atoms with Crippen LogP contribution in [0.25, 0.3) is 5.69 Å². The molecule has 0 aliphatic rings. The van der Waals surface area contributed by atoms with E-state index >= 15 is 0 Å². The van der Waals surface area contributed by atoms with Gasteiger partial charge < -0.3 is 20.1 Å². The van der Waals surface area contributed by atoms with E-state index < -0.39 is 6.61 Å². The molecule has 0 amide bonds. The number of nitrogens with one attached hydrogen (secondary N) is 2. The van der Waals surface area contributed by atoms with Crippen LogP contribution in [0.1, 0.15) is 18.3 Å². The van der Waals surface area contributed by atoms with Gasteiger partial charge >= 0.3 is 6.61 Å². The minimum Gasteiger partial charge on any atom is -0.497 e. The van der Waals surface area contributed by atoms with Crippen molar-refractivity contribution in [1.82, 2.24) is 25.4 Å². The first kappa shape index (κ1) is 22.0. The average molecular weight is 430 g/mol. The number of nitrogens with zero attached hydrogens (tertiary/aromatic N) is 4. The minimum absolute atomic E-state index is 0.0548. The molecule has 8 nitrogen and oxygen atoms in total. The first-order valence-corrected chi connectivity index (χ1v) is 9.69. The molecule has 31 heavy (non-hydrogen) atoms. The lowest BCUT2D eigenvalue weighted by Crippen LogP contribution is -2.37. The molecule has 0 aliphatic heterocycles. The molecule has 3 aromatic rings. The van der Waals surface area contributed by atoms with Crippen LogP contribution >= 0.6 is 0 Å². The summed E-state index contributed by atoms with van der Waals surface area (Å²) in [6.45, 7) is 0.0990. The third kappa shape index (κ3) is 6.14. The van der Waals surface area contributed by atoms with Crippen LogP contribution < -0.4 is 20.1 Å². The smallest absolute Gasteiger partial charge is 0.387 e. The van der Waals surface area contributed by atoms with Gasteiger partial charge in [-0.05, 0) is 37.3 Å². The maximum atomic E-state index is 12.7. The van der Waals surface area contributed by atoms with Gasteiger partial charge in [-0.1, -0.05) is 18.2 Å². The number of alkyl halides is 2. The number of para-hydroxylation sites is 1. The van der Waals surface area contributed by atoms with Gasteiger partial charge in [0.2, 0.25) is 0 Å². The number of guanidine groups is 1. The number of ether oxygens (including phenoxy) is 2. The summed E-state index contributed by atoms with van der Waals surface area (Å²) >= 11 is 0. The SMILES string of the molecule is CCNC(=NCc1cc(OC)ccc1OC(F)F)NCc1nncn1-c1ccccc1. The molecule has 1 aromatic heterocycles. The molecular formula is C21H24F2N6O2. The van der Waals surface area contributed by atoms with Crippen LogP contribution in [0.2, 0.25) is 0 Å². The molecule has 0 fully saturated rings. The van der Waals surface area contributed by atoms with Crippen LogP contribution in [0, 0.1) is 0 Å². The van der Waals surface area contributed by atoms with Gasteiger partial charge in [-0.25, -0.2) is 4.99 Å². The number of rotatable bonds is 9. The van der Waals surface area contributed by atoms with E-state index in [1.165, 1.54) is 13.2 Å². The van der Waals surface area contributed by atoms with Crippen LogP contribution in [0.3, 0.4) is 0 Å². The lowest BCUT2D eigenvalue weighted by Gasteiger charge is -2.14. The van der Waals surface area contributed by atoms with Gasteiger partial charge in [-0.3, -0.25) is 4.57 Å². The number of aliphatic imine (C=N–C) groups is 1. The van der Waals surface area contributed by atoms with E-state index in [4.69, 9.17) is 4.74 Å². The largest absolute Gasteiger partial charge is 0.497 e. The molecule has 0 spiro atoms. The fraction of sp³-hybridized carbons (Fsp3) is 0.286. The first-order chi connectivity index (χ1) is 15.1. The van der Waals surface area contributed by atoms with Crippen molar-refractivity contribution >= 4 is 5.96 Å². The van der Waals surface area contributed by atoms with Gasteiger partial charge in [0.25, 0.3) is 0 Å². The Hall–Kier alpha value is -3.69. The van der Waals surface area contributed by atoms with Crippen molar-refractivity contribution in [3.05, 3.63) is 66.2 Å². The molecule has 10 heteroatoms. The molecule has 0 aliphatic carbocycles. The zero-order valence-electron chi connectivity index (χ0n) is 17.3. The van der Waals surface area contributed by atoms with E-state index in [0.29, 0.717) is 36.2 Å². The van der Waals surface area contributed by atoms with Gasteiger partial charge in [-0.15, -0.1) is 10.2 Å². The van der Waals surface area contributed by atoms with Gasteiger partial charge in [0.15, 0.2) is 11.8 Å². The molecule has 0 atom stereocenters. The van der Waals surface area contributed by atoms with Crippen LogP contribution in [-0.4, -0.2) is 41.0 Å². The van der Waals surface area contributed by atoms with Gasteiger partial charge in [-0.2, -0.15) is 8.78 Å². The Kier molecular flexibility index (Phi) is 7.74. The predicted octanol–water partition coefficient (Wildman–Crippen LogP) is 3.13. The lowest BCUT2D eigenvalue weighted by molar-refractivity contribution is -0.0504. The number of benzene rings is 2. The van der Waals surface area contributed by atoms with E-state index in [9.17, 15) is 8.78 Å². The van der Waals surface area contributed by atoms with Crippen LogP contribution in [-0.2, 0) is 13.1 Å². The van der Waals surface area contributed by atoms with Crippen LogP contribution in [0.15, 0.2) is 59.9 Å². The Labute approximate surface area is 178 Å². The maximum absolute atomic E-state index is 12.7. The second-order valence-corrected chi connectivity index (χ2v) is 6.35. The maximum Gasteiger partial charge on any atom is 0.387 e. The number of methoxy groups -OCH3 is 1. The quantitative estimate of drug-likeness (QED) is 0.401. The van der Waals surface area contributed by atoms with Crippen LogP contribution in [0.5, 0.6) is 11.5 Å². The molecule has 2 aromatic carbocycles. The summed E-state index contributed by atoms with van der Waals surface area (Å²) in [4.78, 5) is 4.49. The molecule has 3 rings (SSSR count). The second-order valence-electron chi connectivity index (χ2n) is 6.35. The second kappa shape index (κ2) is 10.9. The summed E-state index contributed by atoms with van der Waals surface area (Å²) in [7, 11) is 1.50. The van der Waals surface area contributed by atoms with Crippen molar-refractivity contribution in [3.63, 3.8) is 0 Å². The molecule has 164 valence electrons. The summed E-state index contributed by atoms with van der Waals surface area (Å²) in [5.41, 5.74) is 1.42. The topological polar surface area (TPSA) is 85.6 Å². The lowest BCUT2D eigenvalue weighted by atomic mass is 10.2. The Morgan fingerprint density at radius 2 is 1.97 bits per heavy atom. The Morgan fingerprint density at radius 3 is 2.68 bits per heavy atom. The third-order valence-corrected chi connectivity index (χ3v) is 4.30. The van der Waals surface area contributed by atoms with Crippen molar-refractivity contribution in [2.24, 2.45) is 4.99 Å². The standard InChI is InChI=1S/C21H24F2N6O2/c1-3-24-21(25-12-15-11-17(30-2)9-10-18(15)31-20(22)23)26-13-19-28-27-14-29(19)16-7-5-4-6-8-16/h4-11,14,20H,3,12-13H2,1-2H3,(H2,24,25,26). The zero-order valence-corrected chi connectivity index (χ0v) is 17.3. The molecular weight excluding hydrogens is 406 g/mol. The average Bonchev–Trinajstić information content (AvgIpc) is 3.25. The van der Waals surface area contributed by atoms with Gasteiger partial charge in [0.1, 0.15) is 17.8 Å². The minimum atomic E-state index is -2.92. The number of hydrogen-bond acceptors (Lipinski definition) is 5. The Balaban J connectivity index is 1.74. The normalized spacial score (nSPS) is 11.5. The van der Waals surface area contributed by atoms with E-state index in [-0.39, 0.29) is 12.3 Å². The molecule has 0 bridgehead atoms. The Bertz CT molecular complexity index is 995. The zero-order chi connectivity index (χ0) is 22.1. The highest BCUT2D eigenvalue weighted by Gasteiger charge is 2.12. The predicted molar refractivity (Wildman–Crippen MR) is 113 cm³/mol. The summed E-state index contributed by atoms with van der Waals surface area (Å²) in [5, 5.41) is 14.5. The van der Waals surface area contributed by atoms with Gasteiger partial charge in [0.05, 0.1) is 20.2 Å². The summed E-state index contributed by atoms with van der Waals surface area (Å²) in [6.07, 6.45) is 1.64. The molecule has 0 unspecified atom stereocenters. The van der Waals surface area contributed by atoms with Crippen molar-refractivity contribution in [1.29, 1.82) is 0 Å². The first-order valence-electron chi connectivity index (χ1n) is 9.69. The molecule has 0 radical (unpaired) electrons. The highest BCUT2D eigenvalue weighted by atomic mass is 19.3. The summed E-state index contributed by atoms with van der Waals surface area (Å²) in [6, 6.07) is 14.3. The van der Waals surface area contributed by atoms with E-state index in [0.717, 1.165) is 5.69 Å². The molecule has 0 saturated heterocycles. The Morgan fingerprint density at radius 1 is 1.16 bits per heavy atom. The van der Waals surface area contributed by atoms with Gasteiger partial charge in [0, 0.05) is 17.8 Å². The van der Waals surface area contributed by atoms with Crippen molar-refractivity contribution < 1.29 is 18.3 Å². The highest BCUT2D eigenvalue weighted by molar-refractivity contribution is 5.79. The molecule has 0 saturated carbocycles. The van der Waals surface area contributed by atoms with Crippen molar-refractivity contribution in [3.8, 4) is 17.2 Å². The molecule has 2 N–H and O–H groups in total. The third-order valence-electron chi connectivity index (χ3n) is 4.30. The van der Waals surface area contributed by atoms with Crippen molar-refractivity contribution in [2.75, 3.05) is 13.7 Å². The fourth-order valence-electron chi connectivity index (χ4n) is 2.87. The van der Waals surface area contributed by atoms with Crippen LogP contribution in [0.4, 0.5) is 8.78 Å². The number of hydrogen-bond donors (Lipinski definition) is 2. The fourth-order valence-corrected chi connectivity index (χ4v) is 2.87. The number of halogens is 2. The summed E-state index contributed by atoms with van der Waals surface area (Å²) < 4.78 is 37.1. The highest BCUT2D eigenvalue weighted by Crippen LogP contribution is 2.26. The molecule has 1 heterocycles.